The van der Waals surface area contributed by atoms with E-state index in [1.807, 2.05) is 0 Å². The van der Waals surface area contributed by atoms with E-state index in [1.54, 1.807) is 0 Å². The molecule has 2 aliphatic heterocycles. The molecule has 6 rings (SSSR count). The van der Waals surface area contributed by atoms with E-state index in [4.69, 9.17) is 14.7 Å². The molecule has 7 heteroatoms. The first kappa shape index (κ1) is 23.7. The number of likely N-dealkylation sites (tertiary alicyclic amines) is 1. The van der Waals surface area contributed by atoms with Gasteiger partial charge in [0.15, 0.2) is 0 Å². The Morgan fingerprint density at radius 2 is 2.08 bits per heavy atom. The Morgan fingerprint density at radius 1 is 1.17 bits per heavy atom. The van der Waals surface area contributed by atoms with Crippen LogP contribution in [-0.2, 0) is 24.7 Å². The minimum absolute atomic E-state index is 0.170. The van der Waals surface area contributed by atoms with Gasteiger partial charge in [-0.15, -0.1) is 0 Å². The number of aryl methyl sites for hydroxylation is 1. The predicted molar refractivity (Wildman–Crippen MR) is 140 cm³/mol. The third kappa shape index (κ3) is 4.46. The number of ether oxygens (including phenoxy) is 1. The number of fused-ring (bicyclic) bond motifs is 3. The van der Waals surface area contributed by atoms with E-state index in [-0.39, 0.29) is 11.5 Å². The highest BCUT2D eigenvalue weighted by Crippen LogP contribution is 2.47. The molecular formula is C29H38N6O. The van der Waals surface area contributed by atoms with Gasteiger partial charge in [0.1, 0.15) is 12.4 Å². The molecule has 0 bridgehead atoms. The predicted octanol–water partition coefficient (Wildman–Crippen LogP) is 3.40. The summed E-state index contributed by atoms with van der Waals surface area (Å²) in [5, 5.41) is 12.8. The van der Waals surface area contributed by atoms with Crippen molar-refractivity contribution >= 4 is 5.82 Å². The highest BCUT2D eigenvalue weighted by atomic mass is 16.5. The first-order valence-corrected chi connectivity index (χ1v) is 13.8. The van der Waals surface area contributed by atoms with E-state index >= 15 is 0 Å². The van der Waals surface area contributed by atoms with Crippen molar-refractivity contribution < 1.29 is 4.74 Å². The number of aromatic nitrogens is 2. The highest BCUT2D eigenvalue weighted by Gasteiger charge is 2.41. The van der Waals surface area contributed by atoms with Crippen molar-refractivity contribution in [2.45, 2.75) is 75.3 Å². The lowest BCUT2D eigenvalue weighted by molar-refractivity contribution is 0.186. The SMILES string of the molecule is CN1CCCC1COc1nc2c(c(N3CCN[C@@H](CC#N)C3)n1)CCC1(CCCc3ccccc31)C2. The number of benzene rings is 1. The second-order valence-corrected chi connectivity index (χ2v) is 11.3. The lowest BCUT2D eigenvalue weighted by Crippen LogP contribution is -2.51. The maximum absolute atomic E-state index is 9.27. The van der Waals surface area contributed by atoms with Gasteiger partial charge in [0.25, 0.3) is 0 Å². The van der Waals surface area contributed by atoms with Crippen LogP contribution in [0, 0.1) is 11.3 Å². The van der Waals surface area contributed by atoms with E-state index in [0.29, 0.717) is 25.1 Å². The Labute approximate surface area is 214 Å². The number of nitrogens with one attached hydrogen (secondary N) is 1. The minimum Gasteiger partial charge on any atom is -0.462 e. The van der Waals surface area contributed by atoms with Crippen LogP contribution < -0.4 is 15.0 Å². The summed E-state index contributed by atoms with van der Waals surface area (Å²) in [4.78, 5) is 14.9. The summed E-state index contributed by atoms with van der Waals surface area (Å²) in [5.41, 5.74) is 5.69. The molecule has 1 aromatic heterocycles. The lowest BCUT2D eigenvalue weighted by atomic mass is 9.62. The number of nitrogens with zero attached hydrogens (tertiary/aromatic N) is 5. The third-order valence-corrected chi connectivity index (χ3v) is 9.07. The molecule has 4 aliphatic rings. The van der Waals surface area contributed by atoms with Crippen LogP contribution in [0.2, 0.25) is 0 Å². The van der Waals surface area contributed by atoms with Crippen LogP contribution in [0.5, 0.6) is 6.01 Å². The van der Waals surface area contributed by atoms with Crippen molar-refractivity contribution in [3.63, 3.8) is 0 Å². The summed E-state index contributed by atoms with van der Waals surface area (Å²) >= 11 is 0. The summed E-state index contributed by atoms with van der Waals surface area (Å²) in [6, 6.07) is 12.5. The van der Waals surface area contributed by atoms with Crippen LogP contribution in [0.3, 0.4) is 0 Å². The molecule has 36 heavy (non-hydrogen) atoms. The van der Waals surface area contributed by atoms with E-state index in [9.17, 15) is 5.26 Å². The quantitative estimate of drug-likeness (QED) is 0.694. The normalized spacial score (nSPS) is 27.9. The summed E-state index contributed by atoms with van der Waals surface area (Å²) in [7, 11) is 2.18. The van der Waals surface area contributed by atoms with E-state index in [1.165, 1.54) is 54.5 Å². The molecule has 190 valence electrons. The summed E-state index contributed by atoms with van der Waals surface area (Å²) < 4.78 is 6.32. The molecule has 7 nitrogen and oxygen atoms in total. The van der Waals surface area contributed by atoms with Gasteiger partial charge in [-0.2, -0.15) is 15.2 Å². The molecular weight excluding hydrogens is 448 g/mol. The van der Waals surface area contributed by atoms with Crippen LogP contribution >= 0.6 is 0 Å². The van der Waals surface area contributed by atoms with Gasteiger partial charge in [0, 0.05) is 42.7 Å². The van der Waals surface area contributed by atoms with Crippen LogP contribution in [0.1, 0.15) is 60.9 Å². The zero-order valence-corrected chi connectivity index (χ0v) is 21.5. The molecule has 2 saturated heterocycles. The number of anilines is 1. The fraction of sp³-hybridized carbons (Fsp3) is 0.621. The molecule has 3 atom stereocenters. The zero-order chi connectivity index (χ0) is 24.5. The van der Waals surface area contributed by atoms with Gasteiger partial charge in [-0.3, -0.25) is 0 Å². The molecule has 0 amide bonds. The largest absolute Gasteiger partial charge is 0.462 e. The fourth-order valence-corrected chi connectivity index (χ4v) is 7.07. The van der Waals surface area contributed by atoms with Crippen LogP contribution in [0.15, 0.2) is 24.3 Å². The average molecular weight is 487 g/mol. The number of nitriles is 1. The van der Waals surface area contributed by atoms with Crippen molar-refractivity contribution in [1.29, 1.82) is 5.26 Å². The number of hydrogen-bond acceptors (Lipinski definition) is 7. The van der Waals surface area contributed by atoms with Crippen molar-refractivity contribution in [2.24, 2.45) is 0 Å². The van der Waals surface area contributed by atoms with Gasteiger partial charge in [-0.05, 0) is 76.1 Å². The first-order chi connectivity index (χ1) is 17.6. The molecule has 0 radical (unpaired) electrons. The first-order valence-electron chi connectivity index (χ1n) is 13.8. The fourth-order valence-electron chi connectivity index (χ4n) is 7.07. The maximum Gasteiger partial charge on any atom is 0.318 e. The summed E-state index contributed by atoms with van der Waals surface area (Å²) in [6.07, 6.45) is 9.67. The van der Waals surface area contributed by atoms with Gasteiger partial charge in [-0.1, -0.05) is 24.3 Å². The van der Waals surface area contributed by atoms with Gasteiger partial charge in [0.05, 0.1) is 18.2 Å². The number of hydrogen-bond donors (Lipinski definition) is 1. The van der Waals surface area contributed by atoms with Crippen molar-refractivity contribution in [3.8, 4) is 12.1 Å². The Morgan fingerprint density at radius 3 is 2.94 bits per heavy atom. The number of likely N-dealkylation sites (N-methyl/N-ethyl adjacent to an activating group) is 1. The van der Waals surface area contributed by atoms with Crippen LogP contribution in [-0.4, -0.2) is 66.8 Å². The molecule has 2 unspecified atom stereocenters. The third-order valence-electron chi connectivity index (χ3n) is 9.07. The summed E-state index contributed by atoms with van der Waals surface area (Å²) in [5.74, 6) is 1.04. The van der Waals surface area contributed by atoms with Crippen molar-refractivity contribution in [3.05, 3.63) is 46.6 Å². The molecule has 1 aromatic carbocycles. The average Bonchev–Trinajstić information content (AvgIpc) is 3.32. The second-order valence-electron chi connectivity index (χ2n) is 11.3. The molecule has 2 fully saturated rings. The minimum atomic E-state index is 0.170. The van der Waals surface area contributed by atoms with Gasteiger partial charge < -0.3 is 19.9 Å². The summed E-state index contributed by atoms with van der Waals surface area (Å²) in [6.45, 7) is 4.33. The Balaban J connectivity index is 1.34. The number of piperazine rings is 1. The topological polar surface area (TPSA) is 77.3 Å². The maximum atomic E-state index is 9.27. The monoisotopic (exact) mass is 486 g/mol. The standard InChI is InChI=1S/C29H38N6O/c1-34-16-5-8-23(34)20-36-28-32-26-18-29(12-4-7-21-6-2-3-9-25(21)29)13-10-24(26)27(33-28)35-17-15-31-22(19-35)11-14-30/h2-3,6,9,22-23,31H,4-5,7-8,10-13,15-20H2,1H3/t22-,23?,29?/m0/s1. The molecule has 1 N–H and O–H groups in total. The van der Waals surface area contributed by atoms with Gasteiger partial charge in [-0.25, -0.2) is 0 Å². The molecule has 2 aliphatic carbocycles. The highest BCUT2D eigenvalue weighted by molar-refractivity contribution is 5.54. The molecule has 0 saturated carbocycles. The zero-order valence-electron chi connectivity index (χ0n) is 21.5. The number of rotatable bonds is 5. The second kappa shape index (κ2) is 9.99. The van der Waals surface area contributed by atoms with E-state index in [2.05, 4.69) is 52.5 Å². The lowest BCUT2D eigenvalue weighted by Gasteiger charge is -2.43. The van der Waals surface area contributed by atoms with Crippen molar-refractivity contribution in [1.82, 2.24) is 20.2 Å². The molecule has 2 aromatic rings. The smallest absolute Gasteiger partial charge is 0.318 e. The molecule has 1 spiro atoms. The van der Waals surface area contributed by atoms with Gasteiger partial charge >= 0.3 is 6.01 Å². The molecule has 3 heterocycles. The van der Waals surface area contributed by atoms with E-state index in [0.717, 1.165) is 51.3 Å². The Bertz CT molecular complexity index is 1150. The van der Waals surface area contributed by atoms with Crippen LogP contribution in [0.25, 0.3) is 0 Å². The Kier molecular flexibility index (Phi) is 6.57. The van der Waals surface area contributed by atoms with E-state index < -0.39 is 0 Å². The Hall–Kier alpha value is -2.69. The van der Waals surface area contributed by atoms with Gasteiger partial charge in [0.2, 0.25) is 0 Å². The van der Waals surface area contributed by atoms with Crippen molar-refractivity contribution in [2.75, 3.05) is 44.7 Å². The van der Waals surface area contributed by atoms with Crippen LogP contribution in [0.4, 0.5) is 5.82 Å².